The Hall–Kier alpha value is -3.68. The molecule has 1 aliphatic rings. The number of benzene rings is 2. The fraction of sp³-hybridized carbons (Fsp3) is 0.0800. The number of hydrogen-bond donors (Lipinski definition) is 2. The Bertz CT molecular complexity index is 1320. The molecule has 3 heterocycles. The van der Waals surface area contributed by atoms with Crippen LogP contribution in [0, 0.1) is 0 Å². The van der Waals surface area contributed by atoms with Gasteiger partial charge < -0.3 is 19.7 Å². The highest BCUT2D eigenvalue weighted by atomic mass is 35.5. The van der Waals surface area contributed by atoms with Crippen molar-refractivity contribution in [3.05, 3.63) is 107 Å². The highest BCUT2D eigenvalue weighted by Gasteiger charge is 2.42. The topological polar surface area (TPSA) is 78.6 Å². The molecular formula is C25H18ClN3O3S. The Labute approximate surface area is 200 Å². The van der Waals surface area contributed by atoms with Crippen LogP contribution in [-0.4, -0.2) is 21.2 Å². The zero-order valence-corrected chi connectivity index (χ0v) is 18.8. The molecule has 164 valence electrons. The van der Waals surface area contributed by atoms with Gasteiger partial charge in [-0.1, -0.05) is 29.8 Å². The zero-order chi connectivity index (χ0) is 22.9. The molecule has 0 amide bonds. The lowest BCUT2D eigenvalue weighted by Gasteiger charge is -2.26. The number of halogens is 1. The predicted octanol–water partition coefficient (Wildman–Crippen LogP) is 5.87. The van der Waals surface area contributed by atoms with E-state index in [9.17, 15) is 9.90 Å². The molecule has 2 aromatic carbocycles. The fourth-order valence-corrected chi connectivity index (χ4v) is 4.47. The molecule has 0 radical (unpaired) electrons. The zero-order valence-electron chi connectivity index (χ0n) is 17.2. The molecule has 0 saturated carbocycles. The first kappa shape index (κ1) is 21.2. The molecule has 5 rings (SSSR count). The standard InChI is InChI=1S/C25H18ClN3O3S/c26-17-7-9-18(10-8-17)29-23(22(28-25(29)33)19-6-1-2-13-27-19)21-12-11-20(32-21)15-4-3-5-16(14-15)24(30)31/h1-14,22-23H,(H,28,33)(H,30,31)/t22-,23-/m0/s1. The molecule has 2 aromatic heterocycles. The Kier molecular flexibility index (Phi) is 5.58. The number of furan rings is 1. The molecule has 1 saturated heterocycles. The summed E-state index contributed by atoms with van der Waals surface area (Å²) in [6.07, 6.45) is 1.74. The SMILES string of the molecule is O=C(O)c1cccc(-c2ccc([C@H]3[C@H](c4ccccn4)NC(=S)N3c3ccc(Cl)cc3)o2)c1. The van der Waals surface area contributed by atoms with Gasteiger partial charge in [0, 0.05) is 22.5 Å². The van der Waals surface area contributed by atoms with Crippen molar-refractivity contribution in [2.24, 2.45) is 0 Å². The number of nitrogens with one attached hydrogen (secondary N) is 1. The minimum Gasteiger partial charge on any atom is -0.478 e. The highest BCUT2D eigenvalue weighted by molar-refractivity contribution is 7.80. The van der Waals surface area contributed by atoms with E-state index in [1.165, 1.54) is 0 Å². The van der Waals surface area contributed by atoms with Gasteiger partial charge in [0.15, 0.2) is 5.11 Å². The maximum atomic E-state index is 11.4. The number of thiocarbonyl (C=S) groups is 1. The van der Waals surface area contributed by atoms with Crippen LogP contribution in [0.25, 0.3) is 11.3 Å². The van der Waals surface area contributed by atoms with Gasteiger partial charge in [0.05, 0.1) is 17.3 Å². The van der Waals surface area contributed by atoms with E-state index in [-0.39, 0.29) is 17.6 Å². The summed E-state index contributed by atoms with van der Waals surface area (Å²) in [6, 6.07) is 23.0. The molecule has 2 N–H and O–H groups in total. The second-order valence-electron chi connectivity index (χ2n) is 7.56. The minimum atomic E-state index is -0.988. The molecule has 0 aliphatic carbocycles. The predicted molar refractivity (Wildman–Crippen MR) is 130 cm³/mol. The van der Waals surface area contributed by atoms with E-state index in [2.05, 4.69) is 10.3 Å². The summed E-state index contributed by atoms with van der Waals surface area (Å²) < 4.78 is 6.28. The van der Waals surface area contributed by atoms with Crippen LogP contribution in [0.15, 0.2) is 89.5 Å². The number of pyridine rings is 1. The number of aromatic carboxylic acids is 1. The quantitative estimate of drug-likeness (QED) is 0.349. The van der Waals surface area contributed by atoms with E-state index < -0.39 is 5.97 Å². The average molecular weight is 476 g/mol. The third-order valence-electron chi connectivity index (χ3n) is 5.52. The number of anilines is 1. The molecule has 2 atom stereocenters. The summed E-state index contributed by atoms with van der Waals surface area (Å²) in [5, 5.41) is 13.9. The minimum absolute atomic E-state index is 0.198. The lowest BCUT2D eigenvalue weighted by Crippen LogP contribution is -2.29. The number of carbonyl (C=O) groups is 1. The summed E-state index contributed by atoms with van der Waals surface area (Å²) in [4.78, 5) is 17.9. The van der Waals surface area contributed by atoms with Crippen LogP contribution in [-0.2, 0) is 0 Å². The van der Waals surface area contributed by atoms with Crippen molar-refractivity contribution in [3.63, 3.8) is 0 Å². The second-order valence-corrected chi connectivity index (χ2v) is 8.38. The van der Waals surface area contributed by atoms with E-state index in [4.69, 9.17) is 28.2 Å². The molecule has 1 aliphatic heterocycles. The van der Waals surface area contributed by atoms with Gasteiger partial charge in [0.1, 0.15) is 17.6 Å². The lowest BCUT2D eigenvalue weighted by molar-refractivity contribution is 0.0697. The van der Waals surface area contributed by atoms with Gasteiger partial charge in [0.2, 0.25) is 0 Å². The number of aromatic nitrogens is 1. The average Bonchev–Trinajstić information content (AvgIpc) is 3.45. The largest absolute Gasteiger partial charge is 0.478 e. The number of rotatable bonds is 5. The first-order valence-corrected chi connectivity index (χ1v) is 11.0. The van der Waals surface area contributed by atoms with Crippen molar-refractivity contribution in [1.82, 2.24) is 10.3 Å². The summed E-state index contributed by atoms with van der Waals surface area (Å²) >= 11 is 11.8. The van der Waals surface area contributed by atoms with Crippen molar-refractivity contribution >= 4 is 40.6 Å². The van der Waals surface area contributed by atoms with E-state index >= 15 is 0 Å². The van der Waals surface area contributed by atoms with Crippen LogP contribution in [0.4, 0.5) is 5.69 Å². The maximum absolute atomic E-state index is 11.4. The first-order valence-electron chi connectivity index (χ1n) is 10.2. The van der Waals surface area contributed by atoms with Crippen molar-refractivity contribution in [3.8, 4) is 11.3 Å². The fourth-order valence-electron chi connectivity index (χ4n) is 4.00. The van der Waals surface area contributed by atoms with Crippen molar-refractivity contribution < 1.29 is 14.3 Å². The smallest absolute Gasteiger partial charge is 0.335 e. The molecule has 1 fully saturated rings. The first-order chi connectivity index (χ1) is 16.0. The Morgan fingerprint density at radius 3 is 2.61 bits per heavy atom. The number of carboxylic acid groups (broad SMARTS) is 1. The van der Waals surface area contributed by atoms with Gasteiger partial charge in [-0.25, -0.2) is 4.79 Å². The van der Waals surface area contributed by atoms with Gasteiger partial charge in [-0.2, -0.15) is 0 Å². The molecule has 0 bridgehead atoms. The molecule has 0 unspecified atom stereocenters. The Morgan fingerprint density at radius 2 is 1.88 bits per heavy atom. The molecule has 0 spiro atoms. The highest BCUT2D eigenvalue weighted by Crippen LogP contribution is 2.43. The maximum Gasteiger partial charge on any atom is 0.335 e. The monoisotopic (exact) mass is 475 g/mol. The molecule has 8 heteroatoms. The van der Waals surface area contributed by atoms with E-state index in [1.807, 2.05) is 65.6 Å². The third-order valence-corrected chi connectivity index (χ3v) is 6.08. The number of carboxylic acids is 1. The van der Waals surface area contributed by atoms with Crippen LogP contribution < -0.4 is 10.2 Å². The van der Waals surface area contributed by atoms with Crippen LogP contribution in [0.5, 0.6) is 0 Å². The molecule has 33 heavy (non-hydrogen) atoms. The van der Waals surface area contributed by atoms with Crippen LogP contribution in [0.2, 0.25) is 5.02 Å². The molecule has 6 nitrogen and oxygen atoms in total. The van der Waals surface area contributed by atoms with E-state index in [1.54, 1.807) is 24.4 Å². The Morgan fingerprint density at radius 1 is 1.06 bits per heavy atom. The molecule has 4 aromatic rings. The third kappa shape index (κ3) is 4.08. The van der Waals surface area contributed by atoms with Gasteiger partial charge >= 0.3 is 5.97 Å². The van der Waals surface area contributed by atoms with Crippen molar-refractivity contribution in [2.75, 3.05) is 4.90 Å². The summed E-state index contributed by atoms with van der Waals surface area (Å²) in [6.45, 7) is 0. The van der Waals surface area contributed by atoms with E-state index in [0.717, 1.165) is 11.4 Å². The van der Waals surface area contributed by atoms with Gasteiger partial charge in [-0.3, -0.25) is 4.98 Å². The number of nitrogens with zero attached hydrogens (tertiary/aromatic N) is 2. The normalized spacial score (nSPS) is 17.7. The van der Waals surface area contributed by atoms with Crippen LogP contribution in [0.1, 0.15) is 33.9 Å². The Balaban J connectivity index is 1.58. The van der Waals surface area contributed by atoms with Crippen LogP contribution >= 0.6 is 23.8 Å². The van der Waals surface area contributed by atoms with E-state index in [0.29, 0.717) is 27.2 Å². The number of hydrogen-bond acceptors (Lipinski definition) is 4. The lowest BCUT2D eigenvalue weighted by atomic mass is 10.0. The second kappa shape index (κ2) is 8.69. The van der Waals surface area contributed by atoms with Gasteiger partial charge in [0.25, 0.3) is 0 Å². The summed E-state index contributed by atoms with van der Waals surface area (Å²) in [5.74, 6) is 0.253. The van der Waals surface area contributed by atoms with Gasteiger partial charge in [-0.05, 0) is 72.9 Å². The summed E-state index contributed by atoms with van der Waals surface area (Å²) in [5.41, 5.74) is 2.57. The molecular weight excluding hydrogens is 458 g/mol. The van der Waals surface area contributed by atoms with Crippen LogP contribution in [0.3, 0.4) is 0 Å². The summed E-state index contributed by atoms with van der Waals surface area (Å²) in [7, 11) is 0. The van der Waals surface area contributed by atoms with Crippen molar-refractivity contribution in [1.29, 1.82) is 0 Å². The van der Waals surface area contributed by atoms with Gasteiger partial charge in [-0.15, -0.1) is 0 Å². The van der Waals surface area contributed by atoms with Crippen molar-refractivity contribution in [2.45, 2.75) is 12.1 Å².